The summed E-state index contributed by atoms with van der Waals surface area (Å²) >= 11 is 0. The highest BCUT2D eigenvalue weighted by molar-refractivity contribution is 6.22. The van der Waals surface area contributed by atoms with Crippen LogP contribution in [0.3, 0.4) is 0 Å². The summed E-state index contributed by atoms with van der Waals surface area (Å²) in [5, 5.41) is 4.54. The fourth-order valence-electron chi connectivity index (χ4n) is 7.33. The van der Waals surface area contributed by atoms with Gasteiger partial charge in [-0.25, -0.2) is 4.99 Å². The first-order valence-corrected chi connectivity index (χ1v) is 17.4. The molecule has 244 valence electrons. The minimum Gasteiger partial charge on any atom is -0.454 e. The number of fused-ring (bicyclic) bond motifs is 6. The Morgan fingerprint density at radius 3 is 1.94 bits per heavy atom. The summed E-state index contributed by atoms with van der Waals surface area (Å²) in [5.74, 6) is 0.696. The molecular weight excluding hydrogens is 623 g/mol. The molecule has 2 aromatic heterocycles. The summed E-state index contributed by atoms with van der Waals surface area (Å²) in [7, 11) is 0. The fraction of sp³-hybridized carbons (Fsp3) is 0.0638. The van der Waals surface area contributed by atoms with Crippen LogP contribution < -0.4 is 0 Å². The summed E-state index contributed by atoms with van der Waals surface area (Å²) in [4.78, 5) is 10.5. The summed E-state index contributed by atoms with van der Waals surface area (Å²) in [6.45, 7) is 4.21. The van der Waals surface area contributed by atoms with Gasteiger partial charge in [0.25, 0.3) is 0 Å². The minimum atomic E-state index is -0.111. The van der Waals surface area contributed by atoms with Gasteiger partial charge in [0.2, 0.25) is 0 Å². The van der Waals surface area contributed by atoms with Crippen molar-refractivity contribution in [3.05, 3.63) is 187 Å². The van der Waals surface area contributed by atoms with E-state index in [2.05, 4.69) is 164 Å². The molecule has 0 unspecified atom stereocenters. The van der Waals surface area contributed by atoms with E-state index < -0.39 is 0 Å². The highest BCUT2D eigenvalue weighted by Gasteiger charge is 2.20. The fourth-order valence-corrected chi connectivity index (χ4v) is 7.33. The molecule has 0 N–H and O–H groups in total. The van der Waals surface area contributed by atoms with Crippen LogP contribution in [-0.4, -0.2) is 16.1 Å². The second-order valence-electron chi connectivity index (χ2n) is 13.0. The number of aliphatic imine (C=N–C) groups is 2. The van der Waals surface area contributed by atoms with Crippen LogP contribution >= 0.6 is 0 Å². The molecule has 0 spiro atoms. The van der Waals surface area contributed by atoms with Crippen LogP contribution in [-0.2, 0) is 0 Å². The first-order valence-electron chi connectivity index (χ1n) is 17.4. The van der Waals surface area contributed by atoms with E-state index in [1.54, 1.807) is 0 Å². The molecule has 0 aliphatic heterocycles. The van der Waals surface area contributed by atoms with Gasteiger partial charge < -0.3 is 8.98 Å². The number of aromatic nitrogens is 1. The lowest BCUT2D eigenvalue weighted by Crippen LogP contribution is -2.06. The molecule has 0 aliphatic rings. The van der Waals surface area contributed by atoms with Crippen molar-refractivity contribution in [1.82, 2.24) is 4.57 Å². The van der Waals surface area contributed by atoms with Crippen molar-refractivity contribution in [3.8, 4) is 16.8 Å². The smallest absolute Gasteiger partial charge is 0.159 e. The molecule has 0 amide bonds. The molecule has 1 atom stereocenters. The summed E-state index contributed by atoms with van der Waals surface area (Å²) in [6.07, 6.45) is 0. The van der Waals surface area contributed by atoms with E-state index in [4.69, 9.17) is 14.4 Å². The van der Waals surface area contributed by atoms with Gasteiger partial charge in [0.05, 0.1) is 22.8 Å². The van der Waals surface area contributed by atoms with E-state index in [0.29, 0.717) is 5.84 Å². The van der Waals surface area contributed by atoms with Gasteiger partial charge >= 0.3 is 0 Å². The number of rotatable bonds is 6. The Morgan fingerprint density at radius 2 is 1.20 bits per heavy atom. The monoisotopic (exact) mass is 657 g/mol. The van der Waals surface area contributed by atoms with Crippen LogP contribution in [0.1, 0.15) is 36.6 Å². The predicted octanol–water partition coefficient (Wildman–Crippen LogP) is 12.4. The Bertz CT molecular complexity index is 2720. The van der Waals surface area contributed by atoms with Crippen LogP contribution in [0.25, 0.3) is 60.6 Å². The lowest BCUT2D eigenvalue weighted by Gasteiger charge is -2.12. The van der Waals surface area contributed by atoms with Crippen molar-refractivity contribution in [2.24, 2.45) is 9.98 Å². The zero-order valence-corrected chi connectivity index (χ0v) is 28.5. The van der Waals surface area contributed by atoms with E-state index in [-0.39, 0.29) is 6.04 Å². The summed E-state index contributed by atoms with van der Waals surface area (Å²) in [5.41, 5.74) is 11.4. The average molecular weight is 658 g/mol. The Labute approximate surface area is 296 Å². The molecule has 2 heterocycles. The molecule has 9 aromatic rings. The van der Waals surface area contributed by atoms with Gasteiger partial charge in [-0.3, -0.25) is 4.99 Å². The third kappa shape index (κ3) is 5.42. The number of nitrogens with zero attached hydrogens (tertiary/aromatic N) is 3. The second kappa shape index (κ2) is 12.7. The zero-order chi connectivity index (χ0) is 34.3. The van der Waals surface area contributed by atoms with Crippen molar-refractivity contribution >= 4 is 55.3 Å². The third-order valence-electron chi connectivity index (χ3n) is 9.81. The Hall–Kier alpha value is -6.52. The first kappa shape index (κ1) is 30.5. The lowest BCUT2D eigenvalue weighted by atomic mass is 10.0. The number of hydrogen-bond donors (Lipinski definition) is 0. The van der Waals surface area contributed by atoms with Gasteiger partial charge in [-0.05, 0) is 60.9 Å². The second-order valence-corrected chi connectivity index (χ2v) is 13.0. The summed E-state index contributed by atoms with van der Waals surface area (Å²) < 4.78 is 9.07. The van der Waals surface area contributed by atoms with E-state index in [1.165, 1.54) is 21.9 Å². The standard InChI is InChI=1S/C47H35N3O/c1-31(35-20-13-21-36(30-35)33-16-5-3-6-17-33)48-47(34-18-7-4-8-19-34)49-32(2)37-24-15-29-44-45(37)40-25-14-28-43(46(40)51-44)50-41-26-11-9-22-38(41)39-23-10-12-27-42(39)50/h3-31H,1-2H3/b48-47-,49-32+/t31-/m0/s1. The minimum absolute atomic E-state index is 0.111. The molecule has 0 saturated carbocycles. The van der Waals surface area contributed by atoms with Crippen LogP contribution in [0.5, 0.6) is 0 Å². The highest BCUT2D eigenvalue weighted by Crippen LogP contribution is 2.39. The highest BCUT2D eigenvalue weighted by atomic mass is 16.3. The summed E-state index contributed by atoms with van der Waals surface area (Å²) in [6, 6.07) is 59.1. The van der Waals surface area contributed by atoms with Crippen molar-refractivity contribution in [2.45, 2.75) is 19.9 Å². The van der Waals surface area contributed by atoms with Crippen molar-refractivity contribution in [3.63, 3.8) is 0 Å². The predicted molar refractivity (Wildman–Crippen MR) is 214 cm³/mol. The van der Waals surface area contributed by atoms with Gasteiger partial charge in [-0.15, -0.1) is 0 Å². The van der Waals surface area contributed by atoms with Crippen LogP contribution in [0.15, 0.2) is 184 Å². The molecule has 4 heteroatoms. The maximum absolute atomic E-state index is 6.75. The number of hydrogen-bond acceptors (Lipinski definition) is 2. The lowest BCUT2D eigenvalue weighted by molar-refractivity contribution is 0.666. The zero-order valence-electron chi connectivity index (χ0n) is 28.5. The maximum Gasteiger partial charge on any atom is 0.159 e. The Kier molecular flexibility index (Phi) is 7.63. The number of benzene rings is 7. The van der Waals surface area contributed by atoms with Gasteiger partial charge in [-0.1, -0.05) is 140 Å². The number of furan rings is 1. The molecule has 7 aromatic carbocycles. The van der Waals surface area contributed by atoms with Gasteiger partial charge in [-0.2, -0.15) is 0 Å². The first-order chi connectivity index (χ1) is 25.1. The van der Waals surface area contributed by atoms with Crippen molar-refractivity contribution in [2.75, 3.05) is 0 Å². The normalized spacial score (nSPS) is 13.1. The maximum atomic E-state index is 6.75. The molecule has 51 heavy (non-hydrogen) atoms. The molecule has 9 rings (SSSR count). The van der Waals surface area contributed by atoms with E-state index in [0.717, 1.165) is 61.1 Å². The largest absolute Gasteiger partial charge is 0.454 e. The van der Waals surface area contributed by atoms with Gasteiger partial charge in [0.15, 0.2) is 11.4 Å². The molecule has 0 fully saturated rings. The molecule has 0 aliphatic carbocycles. The van der Waals surface area contributed by atoms with Gasteiger partial charge in [0, 0.05) is 38.4 Å². The van der Waals surface area contributed by atoms with E-state index in [9.17, 15) is 0 Å². The SMILES string of the molecule is C/C(=N\C(=N/[C@@H](C)c1cccc(-c2ccccc2)c1)c1ccccc1)c1cccc2oc3c(-n4c5ccccc5c5ccccc54)cccc3c12. The number of amidine groups is 1. The van der Waals surface area contributed by atoms with Crippen LogP contribution in [0.2, 0.25) is 0 Å². The third-order valence-corrected chi connectivity index (χ3v) is 9.81. The van der Waals surface area contributed by atoms with Crippen LogP contribution in [0, 0.1) is 0 Å². The van der Waals surface area contributed by atoms with Crippen LogP contribution in [0.4, 0.5) is 0 Å². The van der Waals surface area contributed by atoms with Crippen molar-refractivity contribution < 1.29 is 4.42 Å². The molecule has 0 bridgehead atoms. The average Bonchev–Trinajstić information content (AvgIpc) is 3.74. The Balaban J connectivity index is 1.18. The van der Waals surface area contributed by atoms with E-state index >= 15 is 0 Å². The van der Waals surface area contributed by atoms with Crippen molar-refractivity contribution in [1.29, 1.82) is 0 Å². The number of para-hydroxylation sites is 3. The Morgan fingerprint density at radius 1 is 0.588 bits per heavy atom. The van der Waals surface area contributed by atoms with Gasteiger partial charge in [0.1, 0.15) is 5.58 Å². The molecule has 4 nitrogen and oxygen atoms in total. The topological polar surface area (TPSA) is 42.8 Å². The molecule has 0 radical (unpaired) electrons. The van der Waals surface area contributed by atoms with E-state index in [1.807, 2.05) is 24.3 Å². The molecule has 0 saturated heterocycles. The molecular formula is C47H35N3O. The quantitative estimate of drug-likeness (QED) is 0.130.